The summed E-state index contributed by atoms with van der Waals surface area (Å²) >= 11 is 0. The van der Waals surface area contributed by atoms with Crippen molar-refractivity contribution in [2.24, 2.45) is 0 Å². The molecule has 0 unspecified atom stereocenters. The molecule has 0 aliphatic carbocycles. The number of aromatic nitrogens is 2. The molecule has 1 aliphatic rings. The van der Waals surface area contributed by atoms with Gasteiger partial charge in [-0.2, -0.15) is 0 Å². The second-order valence-electron chi connectivity index (χ2n) is 7.49. The lowest BCUT2D eigenvalue weighted by Crippen LogP contribution is -2.25. The number of imidazole rings is 1. The molecule has 2 aromatic rings. The number of fused-ring (bicyclic) bond motifs is 1. The number of hydrogen-bond acceptors (Lipinski definition) is 3. The molecule has 28 heavy (non-hydrogen) atoms. The fourth-order valence-electron chi connectivity index (χ4n) is 3.66. The van der Waals surface area contributed by atoms with E-state index in [2.05, 4.69) is 36.0 Å². The minimum Gasteiger partial charge on any atom is -0.347 e. The van der Waals surface area contributed by atoms with Crippen molar-refractivity contribution in [3.8, 4) is 0 Å². The first-order valence-corrected chi connectivity index (χ1v) is 9.83. The Kier molecular flexibility index (Phi) is 5.97. The van der Waals surface area contributed by atoms with E-state index >= 15 is 0 Å². The van der Waals surface area contributed by atoms with E-state index < -0.39 is 0 Å². The second kappa shape index (κ2) is 8.42. The van der Waals surface area contributed by atoms with Gasteiger partial charge in [0.2, 0.25) is 0 Å². The average Bonchev–Trinajstić information content (AvgIpc) is 3.07. The van der Waals surface area contributed by atoms with Gasteiger partial charge in [-0.25, -0.2) is 4.98 Å². The molecule has 0 saturated carbocycles. The van der Waals surface area contributed by atoms with Gasteiger partial charge in [-0.05, 0) is 43.2 Å². The predicted octanol–water partition coefficient (Wildman–Crippen LogP) is 3.82. The number of carbonyl (C=O) groups excluding carboxylic acids is 2. The summed E-state index contributed by atoms with van der Waals surface area (Å²) in [7, 11) is 0. The number of hydrogen-bond donors (Lipinski definition) is 2. The summed E-state index contributed by atoms with van der Waals surface area (Å²) in [5.74, 6) is 0.0477. The minimum atomic E-state index is -0.276. The largest absolute Gasteiger partial charge is 0.347 e. The van der Waals surface area contributed by atoms with Crippen molar-refractivity contribution in [2.45, 2.75) is 52.5 Å². The Labute approximate surface area is 166 Å². The highest BCUT2D eigenvalue weighted by Gasteiger charge is 2.28. The predicted molar refractivity (Wildman–Crippen MR) is 111 cm³/mol. The lowest BCUT2D eigenvalue weighted by Gasteiger charge is -2.19. The van der Waals surface area contributed by atoms with E-state index in [-0.39, 0.29) is 17.7 Å². The van der Waals surface area contributed by atoms with Crippen LogP contribution in [0.2, 0.25) is 0 Å². The van der Waals surface area contributed by atoms with Crippen LogP contribution >= 0.6 is 0 Å². The summed E-state index contributed by atoms with van der Waals surface area (Å²) in [4.78, 5) is 30.1. The molecule has 6 nitrogen and oxygen atoms in total. The molecule has 0 radical (unpaired) electrons. The summed E-state index contributed by atoms with van der Waals surface area (Å²) in [5.41, 5.74) is 4.11. The third-order valence-corrected chi connectivity index (χ3v) is 5.11. The van der Waals surface area contributed by atoms with Gasteiger partial charge in [-0.15, -0.1) is 6.58 Å². The van der Waals surface area contributed by atoms with Crippen LogP contribution in [0.5, 0.6) is 0 Å². The van der Waals surface area contributed by atoms with Crippen molar-refractivity contribution in [1.82, 2.24) is 14.9 Å². The summed E-state index contributed by atoms with van der Waals surface area (Å²) in [6, 6.07) is 6.01. The van der Waals surface area contributed by atoms with Gasteiger partial charge < -0.3 is 15.2 Å². The Balaban J connectivity index is 1.96. The minimum absolute atomic E-state index is 0.261. The van der Waals surface area contributed by atoms with Gasteiger partial charge >= 0.3 is 0 Å². The monoisotopic (exact) mass is 380 g/mol. The molecule has 0 atom stereocenters. The third-order valence-electron chi connectivity index (χ3n) is 5.11. The average molecular weight is 380 g/mol. The lowest BCUT2D eigenvalue weighted by atomic mass is 9.98. The van der Waals surface area contributed by atoms with Crippen molar-refractivity contribution < 1.29 is 9.59 Å². The van der Waals surface area contributed by atoms with Gasteiger partial charge in [-0.3, -0.25) is 9.59 Å². The number of carbonyl (C=O) groups is 2. The molecule has 0 spiro atoms. The van der Waals surface area contributed by atoms with Gasteiger partial charge in [0, 0.05) is 18.8 Å². The Hall–Kier alpha value is -2.89. The number of benzene rings is 1. The summed E-state index contributed by atoms with van der Waals surface area (Å²) in [6.07, 6.45) is 4.33. The van der Waals surface area contributed by atoms with Crippen molar-refractivity contribution in [3.63, 3.8) is 0 Å². The summed E-state index contributed by atoms with van der Waals surface area (Å²) < 4.78 is 1.90. The standard InChI is InChI=1S/C22H28N4O2/c1-5-12-23-21(27)19-17-11-6-7-13-26(17)20(24-19)22(28)25-18-15(4)9-8-10-16(18)14(2)3/h5,8-10,14H,1,6-7,11-13H2,2-4H3,(H,23,27)(H,25,28). The van der Waals surface area contributed by atoms with Crippen LogP contribution in [0.25, 0.3) is 0 Å². The Morgan fingerprint density at radius 2 is 2.07 bits per heavy atom. The molecule has 1 aromatic carbocycles. The quantitative estimate of drug-likeness (QED) is 0.748. The van der Waals surface area contributed by atoms with Crippen LogP contribution in [-0.4, -0.2) is 27.9 Å². The summed E-state index contributed by atoms with van der Waals surface area (Å²) in [5, 5.41) is 5.82. The molecule has 2 N–H and O–H groups in total. The molecule has 2 heterocycles. The van der Waals surface area contributed by atoms with Crippen molar-refractivity contribution >= 4 is 17.5 Å². The number of amides is 2. The lowest BCUT2D eigenvalue weighted by molar-refractivity contribution is 0.0952. The van der Waals surface area contributed by atoms with E-state index in [9.17, 15) is 9.59 Å². The third kappa shape index (κ3) is 3.86. The zero-order valence-electron chi connectivity index (χ0n) is 16.8. The zero-order valence-corrected chi connectivity index (χ0v) is 16.8. The number of anilines is 1. The van der Waals surface area contributed by atoms with Crippen LogP contribution in [0.1, 0.15) is 70.5 Å². The molecule has 1 aromatic heterocycles. The first kappa shape index (κ1) is 19.9. The number of rotatable bonds is 6. The van der Waals surface area contributed by atoms with E-state index in [1.54, 1.807) is 6.08 Å². The van der Waals surface area contributed by atoms with Gasteiger partial charge in [0.25, 0.3) is 11.8 Å². The highest BCUT2D eigenvalue weighted by molar-refractivity contribution is 6.04. The number of nitrogens with zero attached hydrogens (tertiary/aromatic N) is 2. The molecule has 2 amide bonds. The van der Waals surface area contributed by atoms with Crippen LogP contribution in [0, 0.1) is 6.92 Å². The summed E-state index contributed by atoms with van der Waals surface area (Å²) in [6.45, 7) is 10.9. The van der Waals surface area contributed by atoms with Gasteiger partial charge in [0.15, 0.2) is 5.82 Å². The van der Waals surface area contributed by atoms with Crippen LogP contribution in [-0.2, 0) is 13.0 Å². The van der Waals surface area contributed by atoms with Crippen LogP contribution in [0.15, 0.2) is 30.9 Å². The zero-order chi connectivity index (χ0) is 20.3. The number of para-hydroxylation sites is 1. The Morgan fingerprint density at radius 1 is 1.29 bits per heavy atom. The first-order valence-electron chi connectivity index (χ1n) is 9.83. The van der Waals surface area contributed by atoms with E-state index in [0.717, 1.165) is 41.8 Å². The molecule has 0 saturated heterocycles. The van der Waals surface area contributed by atoms with Gasteiger partial charge in [0.05, 0.1) is 5.69 Å². The number of aryl methyl sites for hydroxylation is 1. The van der Waals surface area contributed by atoms with Gasteiger partial charge in [-0.1, -0.05) is 38.1 Å². The molecule has 6 heteroatoms. The second-order valence-corrected chi connectivity index (χ2v) is 7.49. The topological polar surface area (TPSA) is 76.0 Å². The van der Waals surface area contributed by atoms with Crippen LogP contribution < -0.4 is 10.6 Å². The Morgan fingerprint density at radius 3 is 2.79 bits per heavy atom. The number of nitrogens with one attached hydrogen (secondary N) is 2. The normalized spacial score (nSPS) is 13.1. The van der Waals surface area contributed by atoms with Crippen LogP contribution in [0.4, 0.5) is 5.69 Å². The van der Waals surface area contributed by atoms with Gasteiger partial charge in [0.1, 0.15) is 5.69 Å². The van der Waals surface area contributed by atoms with E-state index in [0.29, 0.717) is 24.6 Å². The maximum absolute atomic E-state index is 13.1. The fourth-order valence-corrected chi connectivity index (χ4v) is 3.66. The molecular weight excluding hydrogens is 352 g/mol. The Bertz CT molecular complexity index is 912. The molecule has 1 aliphatic heterocycles. The van der Waals surface area contributed by atoms with E-state index in [1.807, 2.05) is 29.7 Å². The van der Waals surface area contributed by atoms with E-state index in [4.69, 9.17) is 0 Å². The SMILES string of the molecule is C=CCNC(=O)c1nc(C(=O)Nc2c(C)cccc2C(C)C)n2c1CCCC2. The van der Waals surface area contributed by atoms with Crippen molar-refractivity contribution in [3.05, 3.63) is 59.2 Å². The molecule has 3 rings (SSSR count). The van der Waals surface area contributed by atoms with Crippen LogP contribution in [0.3, 0.4) is 0 Å². The molecular formula is C22H28N4O2. The smallest absolute Gasteiger partial charge is 0.291 e. The maximum atomic E-state index is 13.1. The molecule has 0 fully saturated rings. The fraction of sp³-hybridized carbons (Fsp3) is 0.409. The van der Waals surface area contributed by atoms with Crippen molar-refractivity contribution in [1.29, 1.82) is 0 Å². The maximum Gasteiger partial charge on any atom is 0.291 e. The van der Waals surface area contributed by atoms with Crippen molar-refractivity contribution in [2.75, 3.05) is 11.9 Å². The highest BCUT2D eigenvalue weighted by atomic mass is 16.2. The highest BCUT2D eigenvalue weighted by Crippen LogP contribution is 2.28. The molecule has 0 bridgehead atoms. The van der Waals surface area contributed by atoms with E-state index in [1.165, 1.54) is 0 Å². The molecule has 148 valence electrons. The first-order chi connectivity index (χ1) is 13.4.